The lowest BCUT2D eigenvalue weighted by Crippen LogP contribution is -2.72. The number of likely N-dealkylation sites (N-methyl/N-ethyl adjacent to an activating group) is 1. The van der Waals surface area contributed by atoms with Crippen molar-refractivity contribution >= 4 is 35.3 Å². The van der Waals surface area contributed by atoms with Crippen LogP contribution in [0.25, 0.3) is 0 Å². The molecule has 0 radical (unpaired) electrons. The molecule has 1 aromatic rings. The maximum Gasteiger partial charge on any atom is 0.409 e. The summed E-state index contributed by atoms with van der Waals surface area (Å²) in [6.45, 7) is 11.2. The summed E-state index contributed by atoms with van der Waals surface area (Å²) in [5.74, 6) is -0.470. The SMILES string of the molecule is COc1cc2cc(c1Cl)N(C)C(=O)C[C@H](OC(=O)[C@H](C)N(C)C(C)C)[C@@]1(C)CC(C)(O1)C1C[C@@](O)(NC(=O)O1)[C@H](OC)/C=C/C=C(\C)C2. The van der Waals surface area contributed by atoms with Gasteiger partial charge in [0.25, 0.3) is 0 Å². The summed E-state index contributed by atoms with van der Waals surface area (Å²) >= 11 is 6.74. The van der Waals surface area contributed by atoms with Gasteiger partial charge in [-0.15, -0.1) is 0 Å². The summed E-state index contributed by atoms with van der Waals surface area (Å²) in [6.07, 6.45) is 2.11. The van der Waals surface area contributed by atoms with Crippen LogP contribution in [0.1, 0.15) is 66.4 Å². The zero-order valence-corrected chi connectivity index (χ0v) is 30.3. The van der Waals surface area contributed by atoms with Crippen LogP contribution in [0.3, 0.4) is 0 Å². The number of nitrogens with one attached hydrogen (secondary N) is 1. The van der Waals surface area contributed by atoms with Gasteiger partial charge in [-0.1, -0.05) is 35.4 Å². The number of anilines is 1. The van der Waals surface area contributed by atoms with Crippen LogP contribution in [0.4, 0.5) is 10.5 Å². The number of ether oxygens (including phenoxy) is 5. The fraction of sp³-hybridized carbons (Fsp3) is 0.629. The molecule has 5 rings (SSSR count). The molecule has 4 heterocycles. The number of benzene rings is 1. The van der Waals surface area contributed by atoms with Crippen molar-refractivity contribution in [1.82, 2.24) is 10.2 Å². The van der Waals surface area contributed by atoms with Gasteiger partial charge in [0, 0.05) is 33.0 Å². The van der Waals surface area contributed by atoms with Gasteiger partial charge in [-0.25, -0.2) is 4.79 Å². The molecule has 2 fully saturated rings. The fourth-order valence-corrected chi connectivity index (χ4v) is 7.06. The molecule has 2 N–H and O–H groups in total. The Morgan fingerprint density at radius 3 is 2.46 bits per heavy atom. The van der Waals surface area contributed by atoms with Crippen LogP contribution < -0.4 is 15.0 Å². The van der Waals surface area contributed by atoms with E-state index in [1.54, 1.807) is 40.0 Å². The van der Waals surface area contributed by atoms with Gasteiger partial charge >= 0.3 is 12.1 Å². The van der Waals surface area contributed by atoms with Gasteiger partial charge < -0.3 is 33.7 Å². The molecule has 0 aromatic heterocycles. The smallest absolute Gasteiger partial charge is 0.409 e. The second-order valence-electron chi connectivity index (χ2n) is 13.9. The first-order valence-electron chi connectivity index (χ1n) is 16.2. The van der Waals surface area contributed by atoms with Gasteiger partial charge in [0.15, 0.2) is 5.72 Å². The maximum atomic E-state index is 14.0. The number of aliphatic hydroxyl groups is 1. The number of allylic oxidation sites excluding steroid dienone is 3. The van der Waals surface area contributed by atoms with Gasteiger partial charge in [0.2, 0.25) is 5.91 Å². The number of amides is 2. The Morgan fingerprint density at radius 2 is 1.85 bits per heavy atom. The number of nitrogens with zero attached hydrogens (tertiary/aromatic N) is 2. The Morgan fingerprint density at radius 1 is 1.19 bits per heavy atom. The molecule has 2 saturated heterocycles. The molecule has 6 bridgehead atoms. The molecule has 7 atom stereocenters. The lowest BCUT2D eigenvalue weighted by molar-refractivity contribution is -0.328. The van der Waals surface area contributed by atoms with Crippen LogP contribution in [0.15, 0.2) is 35.9 Å². The average molecular weight is 692 g/mol. The van der Waals surface area contributed by atoms with Gasteiger partial charge in [-0.3, -0.25) is 19.8 Å². The number of carbonyl (C=O) groups is 3. The van der Waals surface area contributed by atoms with Crippen molar-refractivity contribution in [1.29, 1.82) is 0 Å². The Kier molecular flexibility index (Phi) is 11.3. The van der Waals surface area contributed by atoms with Gasteiger partial charge in [-0.05, 0) is 72.7 Å². The molecule has 2 unspecified atom stereocenters. The number of hydrogen-bond acceptors (Lipinski definition) is 10. The third kappa shape index (κ3) is 7.68. The molecule has 4 aliphatic rings. The molecule has 12 nitrogen and oxygen atoms in total. The topological polar surface area (TPSA) is 136 Å². The summed E-state index contributed by atoms with van der Waals surface area (Å²) in [4.78, 5) is 43.6. The van der Waals surface area contributed by atoms with Crippen molar-refractivity contribution in [3.63, 3.8) is 0 Å². The van der Waals surface area contributed by atoms with E-state index in [4.69, 9.17) is 35.3 Å². The first kappa shape index (κ1) is 37.7. The maximum absolute atomic E-state index is 14.0. The molecular formula is C35H50ClN3O9. The number of hydrogen-bond donors (Lipinski definition) is 2. The highest BCUT2D eigenvalue weighted by atomic mass is 35.5. The third-order valence-electron chi connectivity index (χ3n) is 9.89. The predicted molar refractivity (Wildman–Crippen MR) is 181 cm³/mol. The summed E-state index contributed by atoms with van der Waals surface area (Å²) in [5, 5.41) is 14.5. The van der Waals surface area contributed by atoms with E-state index in [1.165, 1.54) is 19.1 Å². The zero-order valence-electron chi connectivity index (χ0n) is 29.6. The monoisotopic (exact) mass is 691 g/mol. The number of alkyl carbamates (subject to hydrolysis) is 1. The van der Waals surface area contributed by atoms with E-state index < -0.39 is 53.3 Å². The molecule has 13 heteroatoms. The molecule has 266 valence electrons. The minimum atomic E-state index is -1.81. The number of halogens is 1. The number of methoxy groups -OCH3 is 2. The van der Waals surface area contributed by atoms with Crippen molar-refractivity contribution in [2.75, 3.05) is 33.2 Å². The van der Waals surface area contributed by atoms with Crippen LogP contribution in [0, 0.1) is 0 Å². The van der Waals surface area contributed by atoms with Gasteiger partial charge in [-0.2, -0.15) is 0 Å². The lowest BCUT2D eigenvalue weighted by Gasteiger charge is -2.59. The molecule has 0 spiro atoms. The minimum absolute atomic E-state index is 0.0522. The molecular weight excluding hydrogens is 642 g/mol. The van der Waals surface area contributed by atoms with Crippen molar-refractivity contribution in [3.8, 4) is 5.75 Å². The van der Waals surface area contributed by atoms with Crippen LogP contribution in [-0.4, -0.2) is 104 Å². The van der Waals surface area contributed by atoms with Crippen LogP contribution in [0.5, 0.6) is 5.75 Å². The minimum Gasteiger partial charge on any atom is -0.495 e. The van der Waals surface area contributed by atoms with E-state index in [2.05, 4.69) is 5.32 Å². The summed E-state index contributed by atoms with van der Waals surface area (Å²) in [6, 6.07) is 3.10. The Bertz CT molecular complexity index is 1460. The Balaban J connectivity index is 1.80. The summed E-state index contributed by atoms with van der Waals surface area (Å²) in [7, 11) is 6.39. The first-order chi connectivity index (χ1) is 22.4. The fourth-order valence-electron chi connectivity index (χ4n) is 6.75. The highest BCUT2D eigenvalue weighted by Gasteiger charge is 2.63. The van der Waals surface area contributed by atoms with E-state index in [9.17, 15) is 19.5 Å². The van der Waals surface area contributed by atoms with Gasteiger partial charge in [0.1, 0.15) is 46.3 Å². The first-order valence-corrected chi connectivity index (χ1v) is 16.6. The van der Waals surface area contributed by atoms with Crippen molar-refractivity contribution in [2.24, 2.45) is 0 Å². The van der Waals surface area contributed by atoms with Crippen LogP contribution >= 0.6 is 11.6 Å². The van der Waals surface area contributed by atoms with E-state index in [0.29, 0.717) is 17.9 Å². The standard InChI is InChI=1S/C35H50ClN3O9/c1-20(2)38(7)22(4)31(41)46-27-17-29(40)39(8)24-15-23(16-25(44-9)30(24)36)14-21(3)12-11-13-26(45-10)35(43)18-28(47-32(42)37-35)34(6)19-33(27,5)48-34/h11-13,15-16,20,22,26-28,43H,14,17-19H2,1-10H3,(H,37,42)/b13-11+,21-12+/t22-,26+,27-,28?,33+,34?,35-/m0/s1. The van der Waals surface area contributed by atoms with E-state index >= 15 is 0 Å². The molecule has 48 heavy (non-hydrogen) atoms. The Hall–Kier alpha value is -3.16. The van der Waals surface area contributed by atoms with Gasteiger partial charge in [0.05, 0.1) is 19.2 Å². The molecule has 4 aliphatic heterocycles. The zero-order chi connectivity index (χ0) is 35.8. The molecule has 0 saturated carbocycles. The largest absolute Gasteiger partial charge is 0.495 e. The van der Waals surface area contributed by atoms with Crippen LogP contribution in [-0.2, 0) is 35.0 Å². The Labute approximate surface area is 288 Å². The van der Waals surface area contributed by atoms with Crippen LogP contribution in [0.2, 0.25) is 5.02 Å². The lowest BCUT2D eigenvalue weighted by atomic mass is 9.72. The predicted octanol–water partition coefficient (Wildman–Crippen LogP) is 4.54. The van der Waals surface area contributed by atoms with E-state index in [-0.39, 0.29) is 36.2 Å². The molecule has 0 aliphatic carbocycles. The highest BCUT2D eigenvalue weighted by Crippen LogP contribution is 2.50. The highest BCUT2D eigenvalue weighted by molar-refractivity contribution is 6.35. The number of esters is 1. The molecule has 2 amide bonds. The van der Waals surface area contributed by atoms with Crippen molar-refractivity contribution in [3.05, 3.63) is 46.5 Å². The number of fused-ring (bicyclic) bond motifs is 6. The van der Waals surface area contributed by atoms with E-state index in [1.807, 2.05) is 50.9 Å². The van der Waals surface area contributed by atoms with Crippen molar-refractivity contribution in [2.45, 2.75) is 115 Å². The second-order valence-corrected chi connectivity index (χ2v) is 14.3. The normalized spacial score (nSPS) is 33.6. The van der Waals surface area contributed by atoms with Crippen molar-refractivity contribution < 1.29 is 43.2 Å². The summed E-state index contributed by atoms with van der Waals surface area (Å²) in [5.41, 5.74) is -1.80. The second kappa shape index (κ2) is 14.4. The third-order valence-corrected chi connectivity index (χ3v) is 10.3. The summed E-state index contributed by atoms with van der Waals surface area (Å²) < 4.78 is 29.5. The number of rotatable bonds is 6. The quantitative estimate of drug-likeness (QED) is 0.410. The number of carbonyl (C=O) groups excluding carboxylic acids is 3. The average Bonchev–Trinajstić information content (AvgIpc) is 3.00. The van der Waals surface area contributed by atoms with E-state index in [0.717, 1.165) is 11.1 Å². The molecule has 1 aromatic carbocycles.